The number of oxazole rings is 1. The minimum absolute atomic E-state index is 0.0239. The Morgan fingerprint density at radius 3 is 2.95 bits per heavy atom. The van der Waals surface area contributed by atoms with Crippen molar-refractivity contribution in [1.82, 2.24) is 15.6 Å². The summed E-state index contributed by atoms with van der Waals surface area (Å²) in [5, 5.41) is 5.38. The Morgan fingerprint density at radius 1 is 1.40 bits per heavy atom. The summed E-state index contributed by atoms with van der Waals surface area (Å²) in [5.41, 5.74) is 1.68. The SMILES string of the molecule is O=C(CNC(=O)c1ccc2[nH]c(=S)oc2c1)NC1CC1. The molecule has 0 aliphatic heterocycles. The molecule has 0 atom stereocenters. The number of carbonyl (C=O) groups is 2. The Hall–Kier alpha value is -2.15. The van der Waals surface area contributed by atoms with Gasteiger partial charge in [0.15, 0.2) is 5.58 Å². The maximum Gasteiger partial charge on any atom is 0.266 e. The van der Waals surface area contributed by atoms with Gasteiger partial charge in [-0.25, -0.2) is 0 Å². The summed E-state index contributed by atoms with van der Waals surface area (Å²) in [6, 6.07) is 5.25. The van der Waals surface area contributed by atoms with E-state index in [-0.39, 0.29) is 23.2 Å². The third-order valence-corrected chi connectivity index (χ3v) is 3.22. The summed E-state index contributed by atoms with van der Waals surface area (Å²) < 4.78 is 5.25. The van der Waals surface area contributed by atoms with Crippen LogP contribution in [0, 0.1) is 4.84 Å². The van der Waals surface area contributed by atoms with Gasteiger partial charge in [0, 0.05) is 11.6 Å². The molecule has 1 fully saturated rings. The molecule has 0 unspecified atom stereocenters. The zero-order chi connectivity index (χ0) is 14.1. The number of hydrogen-bond acceptors (Lipinski definition) is 4. The van der Waals surface area contributed by atoms with E-state index in [2.05, 4.69) is 15.6 Å². The highest BCUT2D eigenvalue weighted by Gasteiger charge is 2.23. The van der Waals surface area contributed by atoms with Gasteiger partial charge in [-0.05, 0) is 43.3 Å². The average Bonchev–Trinajstić information content (AvgIpc) is 3.14. The van der Waals surface area contributed by atoms with Gasteiger partial charge in [0.25, 0.3) is 10.7 Å². The molecule has 1 aromatic carbocycles. The molecule has 1 aliphatic rings. The minimum atomic E-state index is -0.319. The molecule has 20 heavy (non-hydrogen) atoms. The van der Waals surface area contributed by atoms with Crippen LogP contribution in [-0.4, -0.2) is 29.4 Å². The molecule has 1 aliphatic carbocycles. The summed E-state index contributed by atoms with van der Waals surface area (Å²) in [6.45, 7) is -0.0239. The predicted octanol–water partition coefficient (Wildman–Crippen LogP) is 1.50. The lowest BCUT2D eigenvalue weighted by Crippen LogP contribution is -2.37. The van der Waals surface area contributed by atoms with Crippen molar-refractivity contribution in [2.24, 2.45) is 0 Å². The molecule has 2 amide bonds. The lowest BCUT2D eigenvalue weighted by Gasteiger charge is -2.05. The van der Waals surface area contributed by atoms with Crippen molar-refractivity contribution in [3.05, 3.63) is 28.6 Å². The van der Waals surface area contributed by atoms with Crippen LogP contribution < -0.4 is 10.6 Å². The van der Waals surface area contributed by atoms with E-state index in [1.165, 1.54) is 0 Å². The Morgan fingerprint density at radius 2 is 2.20 bits per heavy atom. The smallest absolute Gasteiger partial charge is 0.266 e. The molecule has 2 aromatic rings. The maximum atomic E-state index is 11.9. The number of fused-ring (bicyclic) bond motifs is 1. The number of aromatic amines is 1. The van der Waals surface area contributed by atoms with Gasteiger partial charge < -0.3 is 20.0 Å². The fourth-order valence-corrected chi connectivity index (χ4v) is 2.06. The van der Waals surface area contributed by atoms with E-state index in [0.717, 1.165) is 18.4 Å². The first-order chi connectivity index (χ1) is 9.61. The van der Waals surface area contributed by atoms with Crippen LogP contribution in [0.5, 0.6) is 0 Å². The minimum Gasteiger partial charge on any atom is -0.429 e. The van der Waals surface area contributed by atoms with Crippen LogP contribution in [0.3, 0.4) is 0 Å². The second kappa shape index (κ2) is 5.09. The molecule has 0 radical (unpaired) electrons. The Balaban J connectivity index is 1.65. The highest BCUT2D eigenvalue weighted by Crippen LogP contribution is 2.18. The highest BCUT2D eigenvalue weighted by molar-refractivity contribution is 7.71. The number of hydrogen-bond donors (Lipinski definition) is 3. The molecule has 3 rings (SSSR count). The van der Waals surface area contributed by atoms with Gasteiger partial charge in [0.05, 0.1) is 12.1 Å². The number of benzene rings is 1. The molecule has 7 heteroatoms. The van der Waals surface area contributed by atoms with Gasteiger partial charge in [0.2, 0.25) is 5.91 Å². The quantitative estimate of drug-likeness (QED) is 0.745. The fourth-order valence-electron chi connectivity index (χ4n) is 1.86. The topological polar surface area (TPSA) is 87.1 Å². The monoisotopic (exact) mass is 291 g/mol. The average molecular weight is 291 g/mol. The standard InChI is InChI=1S/C13H13N3O3S/c17-11(15-8-2-3-8)6-14-12(18)7-1-4-9-10(5-7)19-13(20)16-9/h1,4-5,8H,2-3,6H2,(H,14,18)(H,15,17)(H,16,20). The molecule has 1 aromatic heterocycles. The van der Waals surface area contributed by atoms with Crippen molar-refractivity contribution >= 4 is 35.1 Å². The van der Waals surface area contributed by atoms with Crippen molar-refractivity contribution in [1.29, 1.82) is 0 Å². The van der Waals surface area contributed by atoms with Crippen molar-refractivity contribution in [2.45, 2.75) is 18.9 Å². The van der Waals surface area contributed by atoms with E-state index in [4.69, 9.17) is 16.6 Å². The molecule has 104 valence electrons. The highest BCUT2D eigenvalue weighted by atomic mass is 32.1. The van der Waals surface area contributed by atoms with Gasteiger partial charge in [0.1, 0.15) is 0 Å². The van der Waals surface area contributed by atoms with Crippen LogP contribution in [0.4, 0.5) is 0 Å². The second-order valence-electron chi connectivity index (χ2n) is 4.75. The molecule has 0 saturated heterocycles. The van der Waals surface area contributed by atoms with Gasteiger partial charge >= 0.3 is 0 Å². The number of H-pyrrole nitrogens is 1. The van der Waals surface area contributed by atoms with E-state index >= 15 is 0 Å². The van der Waals surface area contributed by atoms with E-state index in [1.807, 2.05) is 0 Å². The van der Waals surface area contributed by atoms with E-state index in [1.54, 1.807) is 18.2 Å². The van der Waals surface area contributed by atoms with E-state index < -0.39 is 0 Å². The van der Waals surface area contributed by atoms with Crippen molar-refractivity contribution in [3.63, 3.8) is 0 Å². The van der Waals surface area contributed by atoms with Crippen molar-refractivity contribution < 1.29 is 14.0 Å². The maximum absolute atomic E-state index is 11.9. The summed E-state index contributed by atoms with van der Waals surface area (Å²) in [6.07, 6.45) is 2.05. The van der Waals surface area contributed by atoms with Crippen LogP contribution in [-0.2, 0) is 4.79 Å². The fraction of sp³-hybridized carbons (Fsp3) is 0.308. The first kappa shape index (κ1) is 12.9. The summed E-state index contributed by atoms with van der Waals surface area (Å²) >= 11 is 4.88. The summed E-state index contributed by atoms with van der Waals surface area (Å²) in [7, 11) is 0. The van der Waals surface area contributed by atoms with E-state index in [0.29, 0.717) is 17.2 Å². The molecule has 3 N–H and O–H groups in total. The predicted molar refractivity (Wildman–Crippen MR) is 74.9 cm³/mol. The Kier molecular flexibility index (Phi) is 3.27. The number of rotatable bonds is 4. The number of nitrogens with one attached hydrogen (secondary N) is 3. The van der Waals surface area contributed by atoms with Crippen LogP contribution in [0.25, 0.3) is 11.1 Å². The Labute approximate surface area is 119 Å². The van der Waals surface area contributed by atoms with Crippen LogP contribution in [0.2, 0.25) is 0 Å². The molecule has 0 bridgehead atoms. The van der Waals surface area contributed by atoms with Crippen LogP contribution >= 0.6 is 12.2 Å². The second-order valence-corrected chi connectivity index (χ2v) is 5.12. The van der Waals surface area contributed by atoms with Crippen LogP contribution in [0.15, 0.2) is 22.6 Å². The molecular formula is C13H13N3O3S. The summed E-state index contributed by atoms with van der Waals surface area (Å²) in [5.74, 6) is -0.485. The number of aromatic nitrogens is 1. The van der Waals surface area contributed by atoms with Gasteiger partial charge in [-0.1, -0.05) is 0 Å². The molecule has 0 spiro atoms. The number of carbonyl (C=O) groups excluding carboxylic acids is 2. The van der Waals surface area contributed by atoms with Crippen LogP contribution in [0.1, 0.15) is 23.2 Å². The summed E-state index contributed by atoms with van der Waals surface area (Å²) in [4.78, 5) is 26.5. The zero-order valence-electron chi connectivity index (χ0n) is 10.6. The van der Waals surface area contributed by atoms with Gasteiger partial charge in [-0.2, -0.15) is 0 Å². The molecule has 1 heterocycles. The lowest BCUT2D eigenvalue weighted by atomic mass is 10.2. The lowest BCUT2D eigenvalue weighted by molar-refractivity contribution is -0.120. The third-order valence-electron chi connectivity index (χ3n) is 3.04. The Bertz CT molecular complexity index is 730. The first-order valence-electron chi connectivity index (χ1n) is 6.32. The molecule has 6 nitrogen and oxygen atoms in total. The molecular weight excluding hydrogens is 278 g/mol. The molecule has 1 saturated carbocycles. The third kappa shape index (κ3) is 2.88. The van der Waals surface area contributed by atoms with Gasteiger partial charge in [-0.3, -0.25) is 9.59 Å². The number of amides is 2. The normalized spacial score (nSPS) is 14.2. The van der Waals surface area contributed by atoms with Crippen molar-refractivity contribution in [2.75, 3.05) is 6.54 Å². The largest absolute Gasteiger partial charge is 0.429 e. The zero-order valence-corrected chi connectivity index (χ0v) is 11.4. The van der Waals surface area contributed by atoms with E-state index in [9.17, 15) is 9.59 Å². The first-order valence-corrected chi connectivity index (χ1v) is 6.73. The van der Waals surface area contributed by atoms with Crippen molar-refractivity contribution in [3.8, 4) is 0 Å². The van der Waals surface area contributed by atoms with Gasteiger partial charge in [-0.15, -0.1) is 0 Å².